The minimum Gasteiger partial charge on any atom is -0.495 e. The van der Waals surface area contributed by atoms with Crippen LogP contribution in [-0.4, -0.2) is 36.6 Å². The lowest BCUT2D eigenvalue weighted by atomic mass is 10.1. The smallest absolute Gasteiger partial charge is 0.270 e. The van der Waals surface area contributed by atoms with Crippen molar-refractivity contribution in [2.75, 3.05) is 23.9 Å². The topological polar surface area (TPSA) is 97.0 Å². The molecule has 0 spiro atoms. The van der Waals surface area contributed by atoms with Crippen LogP contribution in [0.2, 0.25) is 0 Å². The molecule has 0 radical (unpaired) electrons. The van der Waals surface area contributed by atoms with Crippen molar-refractivity contribution in [1.82, 2.24) is 5.32 Å². The van der Waals surface area contributed by atoms with Crippen molar-refractivity contribution in [3.63, 3.8) is 0 Å². The molecule has 2 N–H and O–H groups in total. The van der Waals surface area contributed by atoms with Gasteiger partial charge in [0.1, 0.15) is 17.1 Å². The number of carbonyl (C=O) groups excluding carboxylic acids is 3. The van der Waals surface area contributed by atoms with E-state index in [4.69, 9.17) is 21.7 Å². The lowest BCUT2D eigenvalue weighted by Crippen LogP contribution is -2.54. The summed E-state index contributed by atoms with van der Waals surface area (Å²) in [6.45, 7) is -0.309. The summed E-state index contributed by atoms with van der Waals surface area (Å²) >= 11 is 8.62. The zero-order chi connectivity index (χ0) is 25.7. The van der Waals surface area contributed by atoms with E-state index in [1.165, 1.54) is 18.1 Å². The van der Waals surface area contributed by atoms with E-state index in [9.17, 15) is 14.4 Å². The Hall–Kier alpha value is -4.02. The highest BCUT2D eigenvalue weighted by Gasteiger charge is 2.34. The zero-order valence-corrected chi connectivity index (χ0v) is 21.4. The summed E-state index contributed by atoms with van der Waals surface area (Å²) in [5.74, 6) is -0.788. The van der Waals surface area contributed by atoms with E-state index in [0.717, 1.165) is 0 Å². The van der Waals surface area contributed by atoms with E-state index in [1.807, 2.05) is 6.07 Å². The van der Waals surface area contributed by atoms with Gasteiger partial charge in [0.15, 0.2) is 11.7 Å². The molecule has 1 saturated heterocycles. The number of nitrogens with one attached hydrogen (secondary N) is 2. The molecule has 1 aliphatic rings. The normalized spacial score (nSPS) is 14.4. The van der Waals surface area contributed by atoms with Crippen LogP contribution in [0.25, 0.3) is 6.08 Å². The molecule has 0 aliphatic carbocycles. The molecule has 3 aromatic carbocycles. The first-order valence-electron chi connectivity index (χ1n) is 10.7. The fourth-order valence-electron chi connectivity index (χ4n) is 3.47. The Morgan fingerprint density at radius 3 is 2.53 bits per heavy atom. The van der Waals surface area contributed by atoms with Crippen LogP contribution in [-0.2, 0) is 14.4 Å². The van der Waals surface area contributed by atoms with Gasteiger partial charge in [0, 0.05) is 10.0 Å². The van der Waals surface area contributed by atoms with Gasteiger partial charge in [-0.1, -0.05) is 46.3 Å². The number of ether oxygens (including phenoxy) is 2. The van der Waals surface area contributed by atoms with Gasteiger partial charge in [0.2, 0.25) is 0 Å². The average molecular weight is 566 g/mol. The number of rotatable bonds is 7. The summed E-state index contributed by atoms with van der Waals surface area (Å²) in [5.41, 5.74) is 1.33. The maximum absolute atomic E-state index is 13.3. The first kappa shape index (κ1) is 25.1. The Labute approximate surface area is 221 Å². The second-order valence-corrected chi connectivity index (χ2v) is 8.82. The molecule has 1 aliphatic heterocycles. The third-order valence-electron chi connectivity index (χ3n) is 5.13. The fourth-order valence-corrected chi connectivity index (χ4v) is 4.13. The van der Waals surface area contributed by atoms with Crippen LogP contribution in [0, 0.1) is 0 Å². The largest absolute Gasteiger partial charge is 0.495 e. The minimum absolute atomic E-state index is 0.00734. The molecule has 0 aromatic heterocycles. The second kappa shape index (κ2) is 11.1. The first-order valence-corrected chi connectivity index (χ1v) is 11.9. The molecular formula is C26H20BrN3O5S. The van der Waals surface area contributed by atoms with Crippen LogP contribution in [0.4, 0.5) is 11.4 Å². The molecule has 4 rings (SSSR count). The van der Waals surface area contributed by atoms with Gasteiger partial charge in [0.25, 0.3) is 17.7 Å². The molecule has 8 nitrogen and oxygen atoms in total. The number of para-hydroxylation sites is 3. The van der Waals surface area contributed by atoms with Gasteiger partial charge in [-0.2, -0.15) is 0 Å². The number of halogens is 1. The monoisotopic (exact) mass is 565 g/mol. The Morgan fingerprint density at radius 1 is 1.06 bits per heavy atom. The number of benzene rings is 3. The predicted molar refractivity (Wildman–Crippen MR) is 144 cm³/mol. The Kier molecular flexibility index (Phi) is 7.77. The second-order valence-electron chi connectivity index (χ2n) is 7.51. The van der Waals surface area contributed by atoms with Gasteiger partial charge >= 0.3 is 0 Å². The van der Waals surface area contributed by atoms with Crippen molar-refractivity contribution in [2.45, 2.75) is 0 Å². The molecule has 1 fully saturated rings. The number of thiocarbonyl (C=S) groups is 1. The quantitative estimate of drug-likeness (QED) is 0.252. The molecule has 0 atom stereocenters. The summed E-state index contributed by atoms with van der Waals surface area (Å²) in [6.07, 6.45) is 1.41. The number of hydrogen-bond donors (Lipinski definition) is 2. The van der Waals surface area contributed by atoms with Crippen LogP contribution < -0.4 is 25.0 Å². The highest BCUT2D eigenvalue weighted by Crippen LogP contribution is 2.28. The van der Waals surface area contributed by atoms with E-state index in [1.54, 1.807) is 66.7 Å². The Bertz CT molecular complexity index is 1380. The highest BCUT2D eigenvalue weighted by atomic mass is 79.9. The summed E-state index contributed by atoms with van der Waals surface area (Å²) in [6, 6.07) is 20.8. The van der Waals surface area contributed by atoms with Gasteiger partial charge < -0.3 is 14.8 Å². The predicted octanol–water partition coefficient (Wildman–Crippen LogP) is 4.31. The van der Waals surface area contributed by atoms with Crippen LogP contribution >= 0.6 is 28.1 Å². The SMILES string of the molecule is COc1ccccc1NC(=O)COc1ccc(Br)cc1/C=C1/C(=O)NC(=S)N(c2ccccc2)C1=O. The van der Waals surface area contributed by atoms with Gasteiger partial charge in [-0.15, -0.1) is 0 Å². The van der Waals surface area contributed by atoms with Crippen molar-refractivity contribution in [1.29, 1.82) is 0 Å². The summed E-state index contributed by atoms with van der Waals surface area (Å²) in [5, 5.41) is 5.28. The minimum atomic E-state index is -0.628. The number of methoxy groups -OCH3 is 1. The number of amides is 3. The fraction of sp³-hybridized carbons (Fsp3) is 0.0769. The van der Waals surface area contributed by atoms with E-state index >= 15 is 0 Å². The lowest BCUT2D eigenvalue weighted by Gasteiger charge is -2.29. The maximum Gasteiger partial charge on any atom is 0.270 e. The molecular weight excluding hydrogens is 546 g/mol. The van der Waals surface area contributed by atoms with E-state index in [-0.39, 0.29) is 17.3 Å². The maximum atomic E-state index is 13.3. The molecule has 0 saturated carbocycles. The first-order chi connectivity index (χ1) is 17.4. The summed E-state index contributed by atoms with van der Waals surface area (Å²) < 4.78 is 11.7. The van der Waals surface area contributed by atoms with Crippen molar-refractivity contribution in [3.8, 4) is 11.5 Å². The van der Waals surface area contributed by atoms with Gasteiger partial charge in [-0.25, -0.2) is 0 Å². The number of nitrogens with zero attached hydrogens (tertiary/aromatic N) is 1. The number of hydrogen-bond acceptors (Lipinski definition) is 6. The molecule has 36 heavy (non-hydrogen) atoms. The molecule has 1 heterocycles. The third-order valence-corrected chi connectivity index (χ3v) is 5.91. The number of anilines is 2. The lowest BCUT2D eigenvalue weighted by molar-refractivity contribution is -0.122. The van der Waals surface area contributed by atoms with Crippen molar-refractivity contribution in [3.05, 3.63) is 88.4 Å². The zero-order valence-electron chi connectivity index (χ0n) is 19.0. The van der Waals surface area contributed by atoms with Crippen LogP contribution in [0.3, 0.4) is 0 Å². The molecule has 0 bridgehead atoms. The summed E-state index contributed by atoms with van der Waals surface area (Å²) in [4.78, 5) is 39.7. The van der Waals surface area contributed by atoms with Crippen LogP contribution in [0.1, 0.15) is 5.56 Å². The van der Waals surface area contributed by atoms with Crippen molar-refractivity contribution < 1.29 is 23.9 Å². The van der Waals surface area contributed by atoms with E-state index < -0.39 is 17.7 Å². The van der Waals surface area contributed by atoms with Gasteiger partial charge in [-0.05, 0) is 60.8 Å². The van der Waals surface area contributed by atoms with Crippen LogP contribution in [0.15, 0.2) is 82.8 Å². The number of carbonyl (C=O) groups is 3. The Morgan fingerprint density at radius 2 is 1.78 bits per heavy atom. The van der Waals surface area contributed by atoms with E-state index in [2.05, 4.69) is 26.6 Å². The van der Waals surface area contributed by atoms with Crippen molar-refractivity contribution in [2.24, 2.45) is 0 Å². The molecule has 0 unspecified atom stereocenters. The summed E-state index contributed by atoms with van der Waals surface area (Å²) in [7, 11) is 1.51. The van der Waals surface area contributed by atoms with Gasteiger partial charge in [-0.3, -0.25) is 24.6 Å². The molecule has 10 heteroatoms. The Balaban J connectivity index is 1.57. The van der Waals surface area contributed by atoms with Crippen molar-refractivity contribution >= 4 is 68.4 Å². The average Bonchev–Trinajstić information content (AvgIpc) is 2.87. The van der Waals surface area contributed by atoms with E-state index in [0.29, 0.717) is 32.9 Å². The standard InChI is InChI=1S/C26H20BrN3O5S/c1-34-22-10-6-5-9-20(22)28-23(31)15-35-21-12-11-17(27)13-16(21)14-19-24(32)29-26(36)30(25(19)33)18-7-3-2-4-8-18/h2-14H,15H2,1H3,(H,28,31)(H,29,32,36)/b19-14-. The molecule has 3 aromatic rings. The molecule has 3 amide bonds. The third kappa shape index (κ3) is 5.61. The molecule has 182 valence electrons. The highest BCUT2D eigenvalue weighted by molar-refractivity contribution is 9.10. The van der Waals surface area contributed by atoms with Gasteiger partial charge in [0.05, 0.1) is 18.5 Å². The van der Waals surface area contributed by atoms with Crippen LogP contribution in [0.5, 0.6) is 11.5 Å².